The minimum Gasteiger partial charge on any atom is -0.356 e. The van der Waals surface area contributed by atoms with Crippen LogP contribution in [0.5, 0.6) is 0 Å². The van der Waals surface area contributed by atoms with E-state index in [0.29, 0.717) is 0 Å². The molecule has 0 heterocycles. The zero-order chi connectivity index (χ0) is 12.7. The quantitative estimate of drug-likeness (QED) is 0.455. The van der Waals surface area contributed by atoms with E-state index >= 15 is 0 Å². The van der Waals surface area contributed by atoms with E-state index in [4.69, 9.17) is 0 Å². The smallest absolute Gasteiger partial charge is 0.191 e. The van der Waals surface area contributed by atoms with Gasteiger partial charge in [-0.1, -0.05) is 32.1 Å². The van der Waals surface area contributed by atoms with Gasteiger partial charge in [0.05, 0.1) is 0 Å². The number of halogens is 1. The minimum atomic E-state index is 0. The van der Waals surface area contributed by atoms with Gasteiger partial charge in [-0.3, -0.25) is 4.99 Å². The molecule has 108 valence electrons. The van der Waals surface area contributed by atoms with Crippen molar-refractivity contribution in [1.82, 2.24) is 10.6 Å². The number of hydrogen-bond donors (Lipinski definition) is 2. The van der Waals surface area contributed by atoms with Crippen molar-refractivity contribution in [3.63, 3.8) is 0 Å². The van der Waals surface area contributed by atoms with Gasteiger partial charge in [0.1, 0.15) is 0 Å². The van der Waals surface area contributed by atoms with E-state index in [0.717, 1.165) is 18.4 Å². The van der Waals surface area contributed by atoms with Gasteiger partial charge >= 0.3 is 0 Å². The van der Waals surface area contributed by atoms with E-state index in [1.807, 2.05) is 7.05 Å². The molecule has 0 radical (unpaired) electrons. The molecule has 0 aliphatic heterocycles. The Morgan fingerprint density at radius 1 is 1.17 bits per heavy atom. The SMILES string of the molecule is CN=C(NCCC1CCCCC1)NC(C)(C)C.I. The summed E-state index contributed by atoms with van der Waals surface area (Å²) < 4.78 is 0. The summed E-state index contributed by atoms with van der Waals surface area (Å²) in [5, 5.41) is 6.79. The van der Waals surface area contributed by atoms with Crippen LogP contribution in [0.1, 0.15) is 59.3 Å². The van der Waals surface area contributed by atoms with Crippen LogP contribution in [-0.4, -0.2) is 25.1 Å². The highest BCUT2D eigenvalue weighted by Crippen LogP contribution is 2.25. The first kappa shape index (κ1) is 18.0. The maximum Gasteiger partial charge on any atom is 0.191 e. The van der Waals surface area contributed by atoms with Crippen LogP contribution in [0.4, 0.5) is 0 Å². The van der Waals surface area contributed by atoms with Gasteiger partial charge in [0, 0.05) is 19.1 Å². The fraction of sp³-hybridized carbons (Fsp3) is 0.929. The topological polar surface area (TPSA) is 36.4 Å². The lowest BCUT2D eigenvalue weighted by molar-refractivity contribution is 0.338. The Morgan fingerprint density at radius 2 is 1.78 bits per heavy atom. The lowest BCUT2D eigenvalue weighted by Gasteiger charge is -2.25. The second kappa shape index (κ2) is 8.99. The number of aliphatic imine (C=N–C) groups is 1. The molecule has 2 N–H and O–H groups in total. The molecule has 0 aromatic heterocycles. The summed E-state index contributed by atoms with van der Waals surface area (Å²) in [7, 11) is 1.84. The molecule has 1 aliphatic rings. The van der Waals surface area contributed by atoms with Crippen LogP contribution in [0.2, 0.25) is 0 Å². The van der Waals surface area contributed by atoms with Crippen molar-refractivity contribution in [3.05, 3.63) is 0 Å². The lowest BCUT2D eigenvalue weighted by atomic mass is 9.87. The van der Waals surface area contributed by atoms with E-state index in [9.17, 15) is 0 Å². The number of guanidine groups is 1. The van der Waals surface area contributed by atoms with Crippen molar-refractivity contribution < 1.29 is 0 Å². The molecule has 0 spiro atoms. The number of rotatable bonds is 3. The molecule has 0 unspecified atom stereocenters. The first-order valence-electron chi connectivity index (χ1n) is 7.00. The lowest BCUT2D eigenvalue weighted by Crippen LogP contribution is -2.47. The number of hydrogen-bond acceptors (Lipinski definition) is 1. The summed E-state index contributed by atoms with van der Waals surface area (Å²) in [5.41, 5.74) is 0.0761. The van der Waals surface area contributed by atoms with Gasteiger partial charge in [-0.25, -0.2) is 0 Å². The Hall–Kier alpha value is 0. The fourth-order valence-electron chi connectivity index (χ4n) is 2.40. The molecule has 1 saturated carbocycles. The highest BCUT2D eigenvalue weighted by atomic mass is 127. The summed E-state index contributed by atoms with van der Waals surface area (Å²) in [6.45, 7) is 7.50. The van der Waals surface area contributed by atoms with Gasteiger partial charge in [0.2, 0.25) is 0 Å². The van der Waals surface area contributed by atoms with Gasteiger partial charge in [-0.15, -0.1) is 24.0 Å². The average Bonchev–Trinajstić information content (AvgIpc) is 2.27. The molecular weight excluding hydrogens is 337 g/mol. The molecule has 0 saturated heterocycles. The molecule has 4 heteroatoms. The second-order valence-electron chi connectivity index (χ2n) is 6.17. The van der Waals surface area contributed by atoms with E-state index in [-0.39, 0.29) is 29.5 Å². The van der Waals surface area contributed by atoms with Crippen molar-refractivity contribution >= 4 is 29.9 Å². The van der Waals surface area contributed by atoms with Crippen molar-refractivity contribution in [2.24, 2.45) is 10.9 Å². The van der Waals surface area contributed by atoms with Crippen LogP contribution in [0, 0.1) is 5.92 Å². The van der Waals surface area contributed by atoms with Gasteiger partial charge in [0.15, 0.2) is 5.96 Å². The predicted molar refractivity (Wildman–Crippen MR) is 90.9 cm³/mol. The zero-order valence-electron chi connectivity index (χ0n) is 12.4. The highest BCUT2D eigenvalue weighted by molar-refractivity contribution is 14.0. The molecule has 1 fully saturated rings. The summed E-state index contributed by atoms with van der Waals surface area (Å²) in [5.74, 6) is 1.86. The molecule has 3 nitrogen and oxygen atoms in total. The molecule has 18 heavy (non-hydrogen) atoms. The van der Waals surface area contributed by atoms with E-state index in [1.165, 1.54) is 38.5 Å². The molecule has 0 aromatic carbocycles. The standard InChI is InChI=1S/C14H29N3.HI/c1-14(2,3)17-13(15-4)16-11-10-12-8-6-5-7-9-12;/h12H,5-11H2,1-4H3,(H2,15,16,17);1H. The molecular formula is C14H30IN3. The van der Waals surface area contributed by atoms with Crippen molar-refractivity contribution in [2.75, 3.05) is 13.6 Å². The van der Waals surface area contributed by atoms with Crippen LogP contribution in [-0.2, 0) is 0 Å². The Balaban J connectivity index is 0.00000289. The van der Waals surface area contributed by atoms with Gasteiger partial charge in [-0.2, -0.15) is 0 Å². The normalized spacial score (nSPS) is 18.1. The number of nitrogens with one attached hydrogen (secondary N) is 2. The molecule has 1 rings (SSSR count). The number of nitrogens with zero attached hydrogens (tertiary/aromatic N) is 1. The van der Waals surface area contributed by atoms with E-state index < -0.39 is 0 Å². The largest absolute Gasteiger partial charge is 0.356 e. The van der Waals surface area contributed by atoms with Gasteiger partial charge < -0.3 is 10.6 Å². The van der Waals surface area contributed by atoms with Crippen LogP contribution in [0.15, 0.2) is 4.99 Å². The van der Waals surface area contributed by atoms with Gasteiger partial charge in [0.25, 0.3) is 0 Å². The van der Waals surface area contributed by atoms with Crippen molar-refractivity contribution in [2.45, 2.75) is 64.8 Å². The van der Waals surface area contributed by atoms with Crippen LogP contribution >= 0.6 is 24.0 Å². The van der Waals surface area contributed by atoms with Crippen molar-refractivity contribution in [3.8, 4) is 0 Å². The Kier molecular flexibility index (Phi) is 8.99. The summed E-state index contributed by atoms with van der Waals surface area (Å²) in [6.07, 6.45) is 8.43. The summed E-state index contributed by atoms with van der Waals surface area (Å²) in [6, 6.07) is 0. The Morgan fingerprint density at radius 3 is 2.28 bits per heavy atom. The third kappa shape index (κ3) is 8.16. The second-order valence-corrected chi connectivity index (χ2v) is 6.17. The van der Waals surface area contributed by atoms with Crippen LogP contribution in [0.3, 0.4) is 0 Å². The predicted octanol–water partition coefficient (Wildman–Crippen LogP) is 3.54. The maximum absolute atomic E-state index is 4.25. The van der Waals surface area contributed by atoms with Crippen LogP contribution < -0.4 is 10.6 Å². The first-order valence-corrected chi connectivity index (χ1v) is 7.00. The Labute approximate surface area is 130 Å². The molecule has 0 bridgehead atoms. The molecule has 0 aromatic rings. The monoisotopic (exact) mass is 367 g/mol. The zero-order valence-corrected chi connectivity index (χ0v) is 14.7. The Bertz CT molecular complexity index is 240. The van der Waals surface area contributed by atoms with Crippen LogP contribution in [0.25, 0.3) is 0 Å². The van der Waals surface area contributed by atoms with Crippen molar-refractivity contribution in [1.29, 1.82) is 0 Å². The fourth-order valence-corrected chi connectivity index (χ4v) is 2.40. The van der Waals surface area contributed by atoms with E-state index in [2.05, 4.69) is 36.4 Å². The highest BCUT2D eigenvalue weighted by Gasteiger charge is 2.14. The van der Waals surface area contributed by atoms with E-state index in [1.54, 1.807) is 0 Å². The molecule has 0 atom stereocenters. The third-order valence-electron chi connectivity index (χ3n) is 3.29. The minimum absolute atomic E-state index is 0. The third-order valence-corrected chi connectivity index (χ3v) is 3.29. The molecule has 0 amide bonds. The average molecular weight is 367 g/mol. The molecule has 1 aliphatic carbocycles. The summed E-state index contributed by atoms with van der Waals surface area (Å²) in [4.78, 5) is 4.25. The first-order chi connectivity index (χ1) is 8.01. The summed E-state index contributed by atoms with van der Waals surface area (Å²) >= 11 is 0. The van der Waals surface area contributed by atoms with Gasteiger partial charge in [-0.05, 0) is 33.1 Å². The maximum atomic E-state index is 4.25.